The molecule has 0 aliphatic carbocycles. The summed E-state index contributed by atoms with van der Waals surface area (Å²) in [6, 6.07) is 17.9. The van der Waals surface area contributed by atoms with E-state index in [4.69, 9.17) is 0 Å². The second kappa shape index (κ2) is 8.73. The molecule has 148 valence electrons. The zero-order chi connectivity index (χ0) is 20.1. The van der Waals surface area contributed by atoms with Crippen LogP contribution >= 0.6 is 0 Å². The first-order chi connectivity index (χ1) is 14.2. The third-order valence-corrected chi connectivity index (χ3v) is 5.08. The van der Waals surface area contributed by atoms with Crippen molar-refractivity contribution in [1.82, 2.24) is 9.97 Å². The predicted molar refractivity (Wildman–Crippen MR) is 116 cm³/mol. The number of hydrogen-bond donors (Lipinski definition) is 1. The molecular weight excluding hydrogens is 362 g/mol. The van der Waals surface area contributed by atoms with Crippen molar-refractivity contribution in [3.05, 3.63) is 78.1 Å². The van der Waals surface area contributed by atoms with E-state index in [2.05, 4.69) is 37.2 Å². The lowest BCUT2D eigenvalue weighted by molar-refractivity contribution is -0.115. The van der Waals surface area contributed by atoms with E-state index in [1.807, 2.05) is 49.4 Å². The first-order valence-electron chi connectivity index (χ1n) is 9.90. The standard InChI is InChI=1S/C23H25N5O/c1-18-4-2-5-19(16-18)17-22(29)26-20-6-8-21(9-7-20)27-12-14-28(15-13-27)23-24-10-3-11-25-23/h2-11,16H,12-15,17H2,1H3,(H,26,29). The molecule has 1 aromatic heterocycles. The van der Waals surface area contributed by atoms with E-state index in [9.17, 15) is 4.79 Å². The van der Waals surface area contributed by atoms with Crippen LogP contribution in [0.4, 0.5) is 17.3 Å². The third-order valence-electron chi connectivity index (χ3n) is 5.08. The quantitative estimate of drug-likeness (QED) is 0.728. The van der Waals surface area contributed by atoms with Gasteiger partial charge in [0, 0.05) is 49.9 Å². The maximum Gasteiger partial charge on any atom is 0.228 e. The Kier molecular flexibility index (Phi) is 5.70. The van der Waals surface area contributed by atoms with Crippen LogP contribution in [0.5, 0.6) is 0 Å². The van der Waals surface area contributed by atoms with Crippen LogP contribution < -0.4 is 15.1 Å². The van der Waals surface area contributed by atoms with Crippen LogP contribution in [0.25, 0.3) is 0 Å². The summed E-state index contributed by atoms with van der Waals surface area (Å²) >= 11 is 0. The molecule has 0 spiro atoms. The Hall–Kier alpha value is -3.41. The van der Waals surface area contributed by atoms with E-state index in [1.54, 1.807) is 12.4 Å². The van der Waals surface area contributed by atoms with Gasteiger partial charge < -0.3 is 15.1 Å². The molecule has 0 radical (unpaired) electrons. The number of amides is 1. The number of aromatic nitrogens is 2. The summed E-state index contributed by atoms with van der Waals surface area (Å²) < 4.78 is 0. The number of hydrogen-bond acceptors (Lipinski definition) is 5. The number of carbonyl (C=O) groups excluding carboxylic acids is 1. The first kappa shape index (κ1) is 18.9. The molecule has 1 amide bonds. The summed E-state index contributed by atoms with van der Waals surface area (Å²) in [5.74, 6) is 0.790. The Bertz CT molecular complexity index is 951. The topological polar surface area (TPSA) is 61.4 Å². The maximum atomic E-state index is 12.3. The average molecular weight is 387 g/mol. The number of nitrogens with zero attached hydrogens (tertiary/aromatic N) is 4. The van der Waals surface area contributed by atoms with Gasteiger partial charge in [-0.05, 0) is 42.8 Å². The van der Waals surface area contributed by atoms with E-state index in [0.717, 1.165) is 49.1 Å². The lowest BCUT2D eigenvalue weighted by Gasteiger charge is -2.36. The van der Waals surface area contributed by atoms with Gasteiger partial charge in [-0.2, -0.15) is 0 Å². The van der Waals surface area contributed by atoms with E-state index >= 15 is 0 Å². The summed E-state index contributed by atoms with van der Waals surface area (Å²) in [6.07, 6.45) is 3.94. The van der Waals surface area contributed by atoms with Gasteiger partial charge in [0.2, 0.25) is 11.9 Å². The van der Waals surface area contributed by atoms with Crippen molar-refractivity contribution in [3.63, 3.8) is 0 Å². The number of nitrogens with one attached hydrogen (secondary N) is 1. The van der Waals surface area contributed by atoms with Crippen molar-refractivity contribution in [1.29, 1.82) is 0 Å². The molecule has 1 N–H and O–H groups in total. The van der Waals surface area contributed by atoms with Gasteiger partial charge >= 0.3 is 0 Å². The molecule has 1 aliphatic rings. The highest BCUT2D eigenvalue weighted by atomic mass is 16.1. The Morgan fingerprint density at radius 2 is 1.62 bits per heavy atom. The molecule has 29 heavy (non-hydrogen) atoms. The summed E-state index contributed by atoms with van der Waals surface area (Å²) in [4.78, 5) is 25.5. The number of benzene rings is 2. The molecule has 1 aliphatic heterocycles. The van der Waals surface area contributed by atoms with Crippen molar-refractivity contribution >= 4 is 23.2 Å². The van der Waals surface area contributed by atoms with Crippen molar-refractivity contribution in [2.45, 2.75) is 13.3 Å². The maximum absolute atomic E-state index is 12.3. The summed E-state index contributed by atoms with van der Waals surface area (Å²) in [6.45, 7) is 5.64. The van der Waals surface area contributed by atoms with Gasteiger partial charge in [0.1, 0.15) is 0 Å². The smallest absolute Gasteiger partial charge is 0.228 e. The van der Waals surface area contributed by atoms with Gasteiger partial charge in [0.05, 0.1) is 6.42 Å². The Labute approximate surface area is 171 Å². The molecule has 2 aromatic carbocycles. The number of anilines is 3. The van der Waals surface area contributed by atoms with Crippen LogP contribution in [0.2, 0.25) is 0 Å². The van der Waals surface area contributed by atoms with Gasteiger partial charge in [0.25, 0.3) is 0 Å². The van der Waals surface area contributed by atoms with Crippen molar-refractivity contribution < 1.29 is 4.79 Å². The molecule has 0 saturated carbocycles. The molecule has 6 heteroatoms. The molecule has 6 nitrogen and oxygen atoms in total. The van der Waals surface area contributed by atoms with Crippen molar-refractivity contribution in [2.75, 3.05) is 41.3 Å². The van der Waals surface area contributed by atoms with Gasteiger partial charge in [-0.3, -0.25) is 4.79 Å². The minimum Gasteiger partial charge on any atom is -0.368 e. The molecule has 1 saturated heterocycles. The minimum absolute atomic E-state index is 0.000162. The Balaban J connectivity index is 1.31. The Morgan fingerprint density at radius 1 is 0.931 bits per heavy atom. The molecule has 0 unspecified atom stereocenters. The van der Waals surface area contributed by atoms with Gasteiger partial charge in [-0.1, -0.05) is 29.8 Å². The molecule has 2 heterocycles. The normalized spacial score (nSPS) is 14.0. The fourth-order valence-electron chi connectivity index (χ4n) is 3.59. The molecule has 4 rings (SSSR count). The largest absolute Gasteiger partial charge is 0.368 e. The number of rotatable bonds is 5. The second-order valence-corrected chi connectivity index (χ2v) is 7.28. The molecule has 3 aromatic rings. The fraction of sp³-hybridized carbons (Fsp3) is 0.261. The van der Waals surface area contributed by atoms with Crippen LogP contribution in [0.3, 0.4) is 0 Å². The van der Waals surface area contributed by atoms with Gasteiger partial charge in [0.15, 0.2) is 0 Å². The predicted octanol–water partition coefficient (Wildman–Crippen LogP) is 3.29. The lowest BCUT2D eigenvalue weighted by Crippen LogP contribution is -2.47. The van der Waals surface area contributed by atoms with E-state index in [1.165, 1.54) is 5.56 Å². The van der Waals surface area contributed by atoms with Crippen LogP contribution in [0, 0.1) is 6.92 Å². The van der Waals surface area contributed by atoms with Gasteiger partial charge in [-0.15, -0.1) is 0 Å². The van der Waals surface area contributed by atoms with E-state index < -0.39 is 0 Å². The molecule has 1 fully saturated rings. The fourth-order valence-corrected chi connectivity index (χ4v) is 3.59. The highest BCUT2D eigenvalue weighted by molar-refractivity contribution is 5.92. The summed E-state index contributed by atoms with van der Waals surface area (Å²) in [5, 5.41) is 2.99. The van der Waals surface area contributed by atoms with Crippen LogP contribution in [-0.4, -0.2) is 42.1 Å². The average Bonchev–Trinajstić information content (AvgIpc) is 2.75. The lowest BCUT2D eigenvalue weighted by atomic mass is 10.1. The van der Waals surface area contributed by atoms with Crippen molar-refractivity contribution in [2.24, 2.45) is 0 Å². The van der Waals surface area contributed by atoms with Crippen molar-refractivity contribution in [3.8, 4) is 0 Å². The first-order valence-corrected chi connectivity index (χ1v) is 9.90. The summed E-state index contributed by atoms with van der Waals surface area (Å²) in [5.41, 5.74) is 4.18. The number of piperazine rings is 1. The third kappa shape index (κ3) is 4.90. The summed E-state index contributed by atoms with van der Waals surface area (Å²) in [7, 11) is 0. The number of aryl methyl sites for hydroxylation is 1. The van der Waals surface area contributed by atoms with E-state index in [-0.39, 0.29) is 5.91 Å². The van der Waals surface area contributed by atoms with Gasteiger partial charge in [-0.25, -0.2) is 9.97 Å². The number of carbonyl (C=O) groups is 1. The van der Waals surface area contributed by atoms with Crippen LogP contribution in [0.15, 0.2) is 67.0 Å². The van der Waals surface area contributed by atoms with Crippen LogP contribution in [-0.2, 0) is 11.2 Å². The highest BCUT2D eigenvalue weighted by Gasteiger charge is 2.19. The molecule has 0 atom stereocenters. The van der Waals surface area contributed by atoms with E-state index in [0.29, 0.717) is 6.42 Å². The van der Waals surface area contributed by atoms with Crippen LogP contribution in [0.1, 0.15) is 11.1 Å². The highest BCUT2D eigenvalue weighted by Crippen LogP contribution is 2.21. The molecular formula is C23H25N5O. The zero-order valence-corrected chi connectivity index (χ0v) is 16.6. The second-order valence-electron chi connectivity index (χ2n) is 7.28. The zero-order valence-electron chi connectivity index (χ0n) is 16.6. The SMILES string of the molecule is Cc1cccc(CC(=O)Nc2ccc(N3CCN(c4ncccn4)CC3)cc2)c1. The Morgan fingerprint density at radius 3 is 2.31 bits per heavy atom. The monoisotopic (exact) mass is 387 g/mol. The molecule has 0 bridgehead atoms. The minimum atomic E-state index is -0.000162.